The summed E-state index contributed by atoms with van der Waals surface area (Å²) in [5.74, 6) is 0. The first-order chi connectivity index (χ1) is 4.61. The van der Waals surface area contributed by atoms with Crippen LogP contribution in [0, 0.1) is 0 Å². The third-order valence-corrected chi connectivity index (χ3v) is 2.04. The molecule has 0 bridgehead atoms. The van der Waals surface area contributed by atoms with Crippen LogP contribution in [0.15, 0.2) is 20.1 Å². The van der Waals surface area contributed by atoms with Crippen LogP contribution in [0.2, 0.25) is 0 Å². The van der Waals surface area contributed by atoms with E-state index in [4.69, 9.17) is 5.73 Å². The maximum absolute atomic E-state index is 10.9. The van der Waals surface area contributed by atoms with Gasteiger partial charge in [-0.2, -0.15) is 0 Å². The molecule has 54 valence electrons. The Labute approximate surface area is 73.9 Å². The molecule has 1 heterocycles. The van der Waals surface area contributed by atoms with Gasteiger partial charge in [0, 0.05) is 6.07 Å². The number of halogens is 2. The fraction of sp³-hybridized carbons (Fsp3) is 0. The summed E-state index contributed by atoms with van der Waals surface area (Å²) >= 11 is 6.19. The van der Waals surface area contributed by atoms with E-state index >= 15 is 0 Å². The molecular formula is C5H4Br2N2O. The van der Waals surface area contributed by atoms with Crippen LogP contribution < -0.4 is 11.2 Å². The zero-order valence-corrected chi connectivity index (χ0v) is 7.99. The molecule has 0 amide bonds. The zero-order chi connectivity index (χ0) is 7.72. The Bertz CT molecular complexity index is 307. The van der Waals surface area contributed by atoms with Crippen molar-refractivity contribution in [1.82, 2.24) is 4.98 Å². The van der Waals surface area contributed by atoms with E-state index in [-0.39, 0.29) is 11.1 Å². The van der Waals surface area contributed by atoms with Crippen LogP contribution in [0.25, 0.3) is 0 Å². The van der Waals surface area contributed by atoms with Crippen LogP contribution in [0.3, 0.4) is 0 Å². The Morgan fingerprint density at radius 3 is 2.60 bits per heavy atom. The monoisotopic (exact) mass is 266 g/mol. The highest BCUT2D eigenvalue weighted by molar-refractivity contribution is 9.11. The summed E-state index contributed by atoms with van der Waals surface area (Å²) in [6.07, 6.45) is 0. The topological polar surface area (TPSA) is 58.9 Å². The van der Waals surface area contributed by atoms with Crippen molar-refractivity contribution in [2.24, 2.45) is 0 Å². The first-order valence-corrected chi connectivity index (χ1v) is 4.03. The number of rotatable bonds is 0. The number of aromatic nitrogens is 1. The minimum Gasteiger partial charge on any atom is -0.393 e. The number of hydrogen-bond acceptors (Lipinski definition) is 2. The lowest BCUT2D eigenvalue weighted by Gasteiger charge is -1.96. The first-order valence-electron chi connectivity index (χ1n) is 2.45. The van der Waals surface area contributed by atoms with Crippen molar-refractivity contribution in [2.45, 2.75) is 0 Å². The van der Waals surface area contributed by atoms with Gasteiger partial charge in [-0.3, -0.25) is 4.79 Å². The van der Waals surface area contributed by atoms with Crippen molar-refractivity contribution in [2.75, 3.05) is 5.73 Å². The average molecular weight is 268 g/mol. The Morgan fingerprint density at radius 2 is 2.10 bits per heavy atom. The smallest absolute Gasteiger partial charge is 0.206 e. The lowest BCUT2D eigenvalue weighted by Crippen LogP contribution is -2.08. The summed E-state index contributed by atoms with van der Waals surface area (Å²) < 4.78 is 1.12. The Hall–Kier alpha value is -0.290. The Kier molecular flexibility index (Phi) is 2.15. The number of aromatic amines is 1. The largest absolute Gasteiger partial charge is 0.393 e. The number of anilines is 1. The van der Waals surface area contributed by atoms with Gasteiger partial charge in [-0.1, -0.05) is 0 Å². The number of H-pyrrole nitrogens is 1. The lowest BCUT2D eigenvalue weighted by molar-refractivity contribution is 1.22. The average Bonchev–Trinajstić information content (AvgIpc) is 1.82. The van der Waals surface area contributed by atoms with Gasteiger partial charge in [0.05, 0.1) is 4.60 Å². The molecule has 3 N–H and O–H groups in total. The van der Waals surface area contributed by atoms with Crippen molar-refractivity contribution < 1.29 is 0 Å². The van der Waals surface area contributed by atoms with Gasteiger partial charge >= 0.3 is 0 Å². The molecule has 5 heteroatoms. The molecule has 1 rings (SSSR count). The quantitative estimate of drug-likeness (QED) is 0.700. The molecule has 0 aliphatic heterocycles. The number of hydrogen-bond donors (Lipinski definition) is 2. The first kappa shape index (κ1) is 7.81. The summed E-state index contributed by atoms with van der Waals surface area (Å²) in [7, 11) is 0. The van der Waals surface area contributed by atoms with Crippen molar-refractivity contribution in [3.8, 4) is 0 Å². The highest BCUT2D eigenvalue weighted by Gasteiger charge is 2.00. The maximum atomic E-state index is 10.9. The standard InChI is InChI=1S/C5H4Br2N2O/c6-3-1-2(10)4(8)5(7)9-3/h1H,8H2,(H,9,10). The summed E-state index contributed by atoms with van der Waals surface area (Å²) in [5, 5.41) is 0. The maximum Gasteiger partial charge on any atom is 0.206 e. The third-order valence-electron chi connectivity index (χ3n) is 0.989. The van der Waals surface area contributed by atoms with E-state index in [1.807, 2.05) is 0 Å². The van der Waals surface area contributed by atoms with Gasteiger partial charge in [0.2, 0.25) is 5.43 Å². The molecular weight excluding hydrogens is 264 g/mol. The predicted molar refractivity (Wildman–Crippen MR) is 46.9 cm³/mol. The van der Waals surface area contributed by atoms with Crippen LogP contribution >= 0.6 is 31.9 Å². The minimum absolute atomic E-state index is 0.197. The second-order valence-electron chi connectivity index (χ2n) is 1.71. The van der Waals surface area contributed by atoms with Crippen LogP contribution in [0.1, 0.15) is 0 Å². The highest BCUT2D eigenvalue weighted by atomic mass is 79.9. The van der Waals surface area contributed by atoms with E-state index < -0.39 is 0 Å². The van der Waals surface area contributed by atoms with Gasteiger partial charge in [0.1, 0.15) is 10.3 Å². The van der Waals surface area contributed by atoms with Gasteiger partial charge in [0.15, 0.2) is 0 Å². The highest BCUT2D eigenvalue weighted by Crippen LogP contribution is 2.14. The normalized spacial score (nSPS) is 9.80. The van der Waals surface area contributed by atoms with Gasteiger partial charge in [-0.15, -0.1) is 0 Å². The molecule has 0 fully saturated rings. The van der Waals surface area contributed by atoms with Crippen LogP contribution in [0.5, 0.6) is 0 Å². The molecule has 3 nitrogen and oxygen atoms in total. The predicted octanol–water partition coefficient (Wildman–Crippen LogP) is 1.48. The molecule has 0 aromatic carbocycles. The van der Waals surface area contributed by atoms with E-state index in [0.29, 0.717) is 9.21 Å². The summed E-state index contributed by atoms with van der Waals surface area (Å²) in [4.78, 5) is 13.6. The van der Waals surface area contributed by atoms with Crippen LogP contribution in [-0.4, -0.2) is 4.98 Å². The molecule has 1 aromatic rings. The molecule has 0 radical (unpaired) electrons. The molecule has 10 heavy (non-hydrogen) atoms. The Morgan fingerprint density at radius 1 is 1.50 bits per heavy atom. The number of pyridine rings is 1. The Balaban J connectivity index is 3.46. The summed E-state index contributed by atoms with van der Waals surface area (Å²) in [5.41, 5.74) is 5.34. The number of nitrogens with one attached hydrogen (secondary N) is 1. The SMILES string of the molecule is Nc1c(Br)[nH]c(Br)cc1=O. The molecule has 0 unspecified atom stereocenters. The van der Waals surface area contributed by atoms with Gasteiger partial charge in [-0.05, 0) is 31.9 Å². The van der Waals surface area contributed by atoms with Crippen molar-refractivity contribution in [3.05, 3.63) is 25.5 Å². The third kappa shape index (κ3) is 1.41. The van der Waals surface area contributed by atoms with Gasteiger partial charge in [0.25, 0.3) is 0 Å². The second-order valence-corrected chi connectivity index (χ2v) is 3.36. The van der Waals surface area contributed by atoms with E-state index in [1.54, 1.807) is 0 Å². The van der Waals surface area contributed by atoms with Crippen molar-refractivity contribution in [3.63, 3.8) is 0 Å². The number of nitrogens with two attached hydrogens (primary N) is 1. The van der Waals surface area contributed by atoms with E-state index in [1.165, 1.54) is 6.07 Å². The minimum atomic E-state index is -0.197. The molecule has 0 saturated carbocycles. The second kappa shape index (κ2) is 2.75. The fourth-order valence-electron chi connectivity index (χ4n) is 0.509. The van der Waals surface area contributed by atoms with E-state index in [0.717, 1.165) is 0 Å². The summed E-state index contributed by atoms with van der Waals surface area (Å²) in [6, 6.07) is 1.38. The van der Waals surface area contributed by atoms with Gasteiger partial charge in [-0.25, -0.2) is 0 Å². The lowest BCUT2D eigenvalue weighted by atomic mass is 10.4. The van der Waals surface area contributed by atoms with Crippen LogP contribution in [-0.2, 0) is 0 Å². The van der Waals surface area contributed by atoms with Crippen molar-refractivity contribution >= 4 is 37.5 Å². The molecule has 0 saturated heterocycles. The molecule has 0 aliphatic rings. The number of nitrogen functional groups attached to an aromatic ring is 1. The van der Waals surface area contributed by atoms with Gasteiger partial charge < -0.3 is 10.7 Å². The van der Waals surface area contributed by atoms with E-state index in [2.05, 4.69) is 36.8 Å². The fourth-order valence-corrected chi connectivity index (χ4v) is 1.59. The van der Waals surface area contributed by atoms with E-state index in [9.17, 15) is 4.79 Å². The molecule has 0 aliphatic carbocycles. The molecule has 1 aromatic heterocycles. The zero-order valence-electron chi connectivity index (χ0n) is 4.82. The van der Waals surface area contributed by atoms with Crippen molar-refractivity contribution in [1.29, 1.82) is 0 Å². The molecule has 0 atom stereocenters. The molecule has 0 spiro atoms. The summed E-state index contributed by atoms with van der Waals surface area (Å²) in [6.45, 7) is 0. The van der Waals surface area contributed by atoms with Crippen LogP contribution in [0.4, 0.5) is 5.69 Å².